The lowest BCUT2D eigenvalue weighted by atomic mass is 10.0. The van der Waals surface area contributed by atoms with E-state index in [9.17, 15) is 21.2 Å². The maximum absolute atomic E-state index is 14.1. The van der Waals surface area contributed by atoms with Crippen LogP contribution in [-0.2, 0) is 26.5 Å². The van der Waals surface area contributed by atoms with Crippen LogP contribution in [0.15, 0.2) is 41.3 Å². The molecule has 0 aliphatic carbocycles. The molecule has 2 aromatic carbocycles. The number of halogens is 1. The third kappa shape index (κ3) is 4.70. The van der Waals surface area contributed by atoms with Crippen LogP contribution in [0.25, 0.3) is 0 Å². The zero-order valence-corrected chi connectivity index (χ0v) is 18.5. The highest BCUT2D eigenvalue weighted by atomic mass is 32.2. The van der Waals surface area contributed by atoms with Crippen LogP contribution >= 0.6 is 0 Å². The molecule has 0 saturated carbocycles. The van der Waals surface area contributed by atoms with Gasteiger partial charge in [-0.05, 0) is 68.1 Å². The summed E-state index contributed by atoms with van der Waals surface area (Å²) in [6, 6.07) is 8.21. The van der Waals surface area contributed by atoms with E-state index in [1.54, 1.807) is 19.1 Å². The molecule has 164 valence electrons. The van der Waals surface area contributed by atoms with Crippen molar-refractivity contribution in [1.29, 1.82) is 0 Å². The molecule has 2 aromatic rings. The topological polar surface area (TPSA) is 92.8 Å². The van der Waals surface area contributed by atoms with Crippen molar-refractivity contribution in [2.24, 2.45) is 0 Å². The Bertz CT molecular complexity index is 1130. The van der Waals surface area contributed by atoms with Crippen molar-refractivity contribution in [3.63, 3.8) is 0 Å². The number of hydrogen-bond acceptors (Lipinski definition) is 5. The first-order chi connectivity index (χ1) is 14.2. The van der Waals surface area contributed by atoms with Crippen LogP contribution in [0.5, 0.6) is 5.75 Å². The SMILES string of the molecule is CCCS(=O)(=O)N1CCCc2cc(NS(=O)(=O)c3ccc(OCC)c(F)c3)ccc21. The fraction of sp³-hybridized carbons (Fsp3) is 0.400. The molecular formula is C20H25FN2O5S2. The number of fused-ring (bicyclic) bond motifs is 1. The Hall–Kier alpha value is -2.33. The van der Waals surface area contributed by atoms with Crippen molar-refractivity contribution in [3.8, 4) is 5.75 Å². The highest BCUT2D eigenvalue weighted by molar-refractivity contribution is 7.93. The summed E-state index contributed by atoms with van der Waals surface area (Å²) in [6.45, 7) is 4.19. The molecule has 7 nitrogen and oxygen atoms in total. The molecule has 0 spiro atoms. The number of hydrogen-bond donors (Lipinski definition) is 1. The van der Waals surface area contributed by atoms with E-state index in [1.807, 2.05) is 6.92 Å². The van der Waals surface area contributed by atoms with Gasteiger partial charge in [-0.2, -0.15) is 0 Å². The summed E-state index contributed by atoms with van der Waals surface area (Å²) in [7, 11) is -7.43. The van der Waals surface area contributed by atoms with Crippen molar-refractivity contribution < 1.29 is 26.0 Å². The lowest BCUT2D eigenvalue weighted by Gasteiger charge is -2.30. The summed E-state index contributed by atoms with van der Waals surface area (Å²) >= 11 is 0. The Morgan fingerprint density at radius 2 is 1.87 bits per heavy atom. The third-order valence-electron chi connectivity index (χ3n) is 4.72. The van der Waals surface area contributed by atoms with Gasteiger partial charge in [0.15, 0.2) is 11.6 Å². The monoisotopic (exact) mass is 456 g/mol. The van der Waals surface area contributed by atoms with Crippen LogP contribution in [-0.4, -0.2) is 35.7 Å². The van der Waals surface area contributed by atoms with Crippen LogP contribution in [0, 0.1) is 5.82 Å². The zero-order chi connectivity index (χ0) is 21.9. The van der Waals surface area contributed by atoms with Gasteiger partial charge in [0.2, 0.25) is 10.0 Å². The largest absolute Gasteiger partial charge is 0.491 e. The standard InChI is InChI=1S/C20H25FN2O5S2/c1-3-12-29(24,25)23-11-5-6-15-13-16(7-9-19(15)23)22-30(26,27)17-8-10-20(28-4-2)18(21)14-17/h7-10,13-14,22H,3-6,11-12H2,1-2H3. The lowest BCUT2D eigenvalue weighted by Crippen LogP contribution is -2.37. The zero-order valence-electron chi connectivity index (χ0n) is 16.9. The number of nitrogens with zero attached hydrogens (tertiary/aromatic N) is 1. The molecule has 3 rings (SSSR count). The Morgan fingerprint density at radius 1 is 1.10 bits per heavy atom. The van der Waals surface area contributed by atoms with E-state index in [1.165, 1.54) is 22.5 Å². The Labute approximate surface area is 177 Å². The molecule has 0 bridgehead atoms. The van der Waals surface area contributed by atoms with Gasteiger partial charge in [-0.25, -0.2) is 21.2 Å². The molecule has 1 aliphatic rings. The van der Waals surface area contributed by atoms with Gasteiger partial charge in [0.25, 0.3) is 10.0 Å². The second-order valence-electron chi connectivity index (χ2n) is 6.97. The summed E-state index contributed by atoms with van der Waals surface area (Å²) in [5.41, 5.74) is 1.61. The van der Waals surface area contributed by atoms with Gasteiger partial charge >= 0.3 is 0 Å². The van der Waals surface area contributed by atoms with E-state index in [2.05, 4.69) is 4.72 Å². The third-order valence-corrected chi connectivity index (χ3v) is 8.07. The first-order valence-electron chi connectivity index (χ1n) is 9.76. The molecule has 1 heterocycles. The first kappa shape index (κ1) is 22.4. The molecule has 1 aliphatic heterocycles. The van der Waals surface area contributed by atoms with E-state index in [0.717, 1.165) is 11.6 Å². The molecule has 30 heavy (non-hydrogen) atoms. The van der Waals surface area contributed by atoms with Gasteiger partial charge in [-0.3, -0.25) is 9.03 Å². The average Bonchev–Trinajstić information content (AvgIpc) is 2.68. The number of aryl methyl sites for hydroxylation is 1. The van der Waals surface area contributed by atoms with Gasteiger partial charge in [0.1, 0.15) is 0 Å². The molecule has 0 fully saturated rings. The smallest absolute Gasteiger partial charge is 0.262 e. The minimum Gasteiger partial charge on any atom is -0.491 e. The van der Waals surface area contributed by atoms with Gasteiger partial charge in [0.05, 0.1) is 22.9 Å². The number of sulfonamides is 2. The molecule has 1 N–H and O–H groups in total. The second-order valence-corrected chi connectivity index (χ2v) is 10.7. The van der Waals surface area contributed by atoms with Gasteiger partial charge < -0.3 is 4.74 Å². The van der Waals surface area contributed by atoms with Crippen LogP contribution in [0.2, 0.25) is 0 Å². The Morgan fingerprint density at radius 3 is 2.53 bits per heavy atom. The Balaban J connectivity index is 1.87. The molecule has 0 atom stereocenters. The fourth-order valence-electron chi connectivity index (χ4n) is 3.42. The van der Waals surface area contributed by atoms with Crippen molar-refractivity contribution >= 4 is 31.4 Å². The van der Waals surface area contributed by atoms with Crippen LogP contribution in [0.3, 0.4) is 0 Å². The van der Waals surface area contributed by atoms with E-state index >= 15 is 0 Å². The number of benzene rings is 2. The summed E-state index contributed by atoms with van der Waals surface area (Å²) < 4.78 is 73.4. The van der Waals surface area contributed by atoms with E-state index in [-0.39, 0.29) is 28.7 Å². The number of anilines is 2. The van der Waals surface area contributed by atoms with Crippen molar-refractivity contribution in [1.82, 2.24) is 0 Å². The number of rotatable bonds is 8. The predicted molar refractivity (Wildman–Crippen MR) is 115 cm³/mol. The lowest BCUT2D eigenvalue weighted by molar-refractivity contribution is 0.321. The molecule has 0 radical (unpaired) electrons. The van der Waals surface area contributed by atoms with Gasteiger partial charge in [-0.1, -0.05) is 6.92 Å². The van der Waals surface area contributed by atoms with E-state index < -0.39 is 25.9 Å². The minimum absolute atomic E-state index is 0.0152. The molecule has 0 amide bonds. The Kier molecular flexibility index (Phi) is 6.56. The first-order valence-corrected chi connectivity index (χ1v) is 12.9. The average molecular weight is 457 g/mol. The van der Waals surface area contributed by atoms with Gasteiger partial charge in [-0.15, -0.1) is 0 Å². The number of nitrogens with one attached hydrogen (secondary N) is 1. The minimum atomic E-state index is -4.02. The molecule has 0 unspecified atom stereocenters. The second kappa shape index (κ2) is 8.81. The van der Waals surface area contributed by atoms with Crippen LogP contribution in [0.1, 0.15) is 32.3 Å². The molecule has 0 saturated heterocycles. The van der Waals surface area contributed by atoms with Gasteiger partial charge in [0, 0.05) is 12.2 Å². The maximum Gasteiger partial charge on any atom is 0.262 e. The predicted octanol–water partition coefficient (Wildman–Crippen LogP) is 3.52. The summed E-state index contributed by atoms with van der Waals surface area (Å²) in [4.78, 5) is -0.228. The molecule has 0 aromatic heterocycles. The molecular weight excluding hydrogens is 431 g/mol. The van der Waals surface area contributed by atoms with Crippen molar-refractivity contribution in [2.45, 2.75) is 38.0 Å². The van der Waals surface area contributed by atoms with Crippen LogP contribution in [0.4, 0.5) is 15.8 Å². The highest BCUT2D eigenvalue weighted by Crippen LogP contribution is 2.33. The van der Waals surface area contributed by atoms with Crippen molar-refractivity contribution in [2.75, 3.05) is 27.9 Å². The van der Waals surface area contributed by atoms with E-state index in [0.29, 0.717) is 31.5 Å². The van der Waals surface area contributed by atoms with Crippen LogP contribution < -0.4 is 13.8 Å². The summed E-state index contributed by atoms with van der Waals surface area (Å²) in [5.74, 6) is -0.718. The quantitative estimate of drug-likeness (QED) is 0.656. The highest BCUT2D eigenvalue weighted by Gasteiger charge is 2.27. The molecule has 10 heteroatoms. The number of ether oxygens (including phenoxy) is 1. The fourth-order valence-corrected chi connectivity index (χ4v) is 6.10. The van der Waals surface area contributed by atoms with E-state index in [4.69, 9.17) is 4.74 Å². The maximum atomic E-state index is 14.1. The summed E-state index contributed by atoms with van der Waals surface area (Å²) in [6.07, 6.45) is 1.81. The van der Waals surface area contributed by atoms with Crippen molar-refractivity contribution in [3.05, 3.63) is 47.8 Å². The summed E-state index contributed by atoms with van der Waals surface area (Å²) in [5, 5.41) is 0. The normalized spacial score (nSPS) is 14.3.